The molecule has 17 heavy (non-hydrogen) atoms. The lowest BCUT2D eigenvalue weighted by molar-refractivity contribution is -0.131. The Bertz CT molecular complexity index is 349. The summed E-state index contributed by atoms with van der Waals surface area (Å²) in [5.41, 5.74) is -0.799. The molecule has 2 aliphatic rings. The van der Waals surface area contributed by atoms with Crippen molar-refractivity contribution >= 4 is 17.8 Å². The van der Waals surface area contributed by atoms with Gasteiger partial charge < -0.3 is 15.7 Å². The van der Waals surface area contributed by atoms with Crippen molar-refractivity contribution in [2.75, 3.05) is 19.6 Å². The summed E-state index contributed by atoms with van der Waals surface area (Å²) in [7, 11) is 0. The second-order valence-corrected chi connectivity index (χ2v) is 4.49. The molecule has 1 aliphatic carbocycles. The molecule has 7 heteroatoms. The Labute approximate surface area is 98.2 Å². The summed E-state index contributed by atoms with van der Waals surface area (Å²) in [5, 5.41) is 14.6. The highest BCUT2D eigenvalue weighted by Gasteiger charge is 2.35. The summed E-state index contributed by atoms with van der Waals surface area (Å²) < 4.78 is 0. The van der Waals surface area contributed by atoms with Gasteiger partial charge in [-0.25, -0.2) is 4.79 Å². The Morgan fingerprint density at radius 1 is 1.47 bits per heavy atom. The molecule has 1 saturated heterocycles. The van der Waals surface area contributed by atoms with E-state index in [9.17, 15) is 19.5 Å². The minimum atomic E-state index is -0.799. The maximum absolute atomic E-state index is 11.5. The van der Waals surface area contributed by atoms with Gasteiger partial charge in [-0.05, 0) is 19.3 Å². The van der Waals surface area contributed by atoms with Gasteiger partial charge in [-0.15, -0.1) is 0 Å². The summed E-state index contributed by atoms with van der Waals surface area (Å²) in [5.74, 6) is -0.844. The van der Waals surface area contributed by atoms with Crippen LogP contribution in [0.15, 0.2) is 0 Å². The van der Waals surface area contributed by atoms with Gasteiger partial charge in [0.1, 0.15) is 6.54 Å². The predicted molar refractivity (Wildman–Crippen MR) is 56.9 cm³/mol. The Hall–Kier alpha value is -1.63. The van der Waals surface area contributed by atoms with Crippen LogP contribution in [-0.4, -0.2) is 53.1 Å². The standard InChI is InChI=1S/C10H15N3O4/c14-7(12-6-10(17)2-1-3-10)5-13-8(15)4-11-9(13)16/h17H,1-6H2,(H,11,16)(H,12,14). The number of hydrogen-bond donors (Lipinski definition) is 3. The van der Waals surface area contributed by atoms with Crippen LogP contribution in [0.2, 0.25) is 0 Å². The minimum Gasteiger partial charge on any atom is -0.388 e. The Morgan fingerprint density at radius 3 is 2.65 bits per heavy atom. The van der Waals surface area contributed by atoms with Crippen LogP contribution < -0.4 is 10.6 Å². The molecule has 0 unspecified atom stereocenters. The van der Waals surface area contributed by atoms with Crippen LogP contribution in [0.5, 0.6) is 0 Å². The molecule has 7 nitrogen and oxygen atoms in total. The second kappa shape index (κ2) is 4.33. The van der Waals surface area contributed by atoms with Crippen molar-refractivity contribution in [3.63, 3.8) is 0 Å². The lowest BCUT2D eigenvalue weighted by Crippen LogP contribution is -2.50. The first kappa shape index (κ1) is 11.8. The molecule has 1 saturated carbocycles. The first-order valence-electron chi connectivity index (χ1n) is 5.57. The maximum atomic E-state index is 11.5. The van der Waals surface area contributed by atoms with E-state index >= 15 is 0 Å². The number of rotatable bonds is 4. The predicted octanol–water partition coefficient (Wildman–Crippen LogP) is -1.43. The van der Waals surface area contributed by atoms with Crippen molar-refractivity contribution in [2.45, 2.75) is 24.9 Å². The highest BCUT2D eigenvalue weighted by molar-refractivity contribution is 6.04. The van der Waals surface area contributed by atoms with E-state index in [2.05, 4.69) is 10.6 Å². The third kappa shape index (κ3) is 2.55. The van der Waals surface area contributed by atoms with E-state index in [1.807, 2.05) is 0 Å². The number of imide groups is 1. The zero-order valence-electron chi connectivity index (χ0n) is 9.36. The molecule has 1 aliphatic heterocycles. The van der Waals surface area contributed by atoms with Gasteiger partial charge in [-0.2, -0.15) is 0 Å². The molecule has 0 aromatic carbocycles. The molecule has 4 amide bonds. The molecule has 0 atom stereocenters. The number of hydrogen-bond acceptors (Lipinski definition) is 4. The number of nitrogens with zero attached hydrogens (tertiary/aromatic N) is 1. The molecule has 0 aromatic heterocycles. The smallest absolute Gasteiger partial charge is 0.325 e. The topological polar surface area (TPSA) is 98.7 Å². The summed E-state index contributed by atoms with van der Waals surface area (Å²) >= 11 is 0. The van der Waals surface area contributed by atoms with E-state index in [1.165, 1.54) is 0 Å². The third-order valence-electron chi connectivity index (χ3n) is 3.14. The number of urea groups is 1. The summed E-state index contributed by atoms with van der Waals surface area (Å²) in [6.07, 6.45) is 2.31. The fraction of sp³-hybridized carbons (Fsp3) is 0.700. The van der Waals surface area contributed by atoms with Crippen LogP contribution in [0.25, 0.3) is 0 Å². The van der Waals surface area contributed by atoms with Gasteiger partial charge in [0.05, 0.1) is 12.1 Å². The third-order valence-corrected chi connectivity index (χ3v) is 3.14. The van der Waals surface area contributed by atoms with Crippen molar-refractivity contribution in [1.82, 2.24) is 15.5 Å². The fourth-order valence-electron chi connectivity index (χ4n) is 1.84. The van der Waals surface area contributed by atoms with Gasteiger partial charge in [0.15, 0.2) is 0 Å². The van der Waals surface area contributed by atoms with Gasteiger partial charge in [-0.1, -0.05) is 0 Å². The van der Waals surface area contributed by atoms with E-state index in [0.717, 1.165) is 11.3 Å². The molecule has 2 fully saturated rings. The lowest BCUT2D eigenvalue weighted by Gasteiger charge is -2.36. The molecular weight excluding hydrogens is 226 g/mol. The quantitative estimate of drug-likeness (QED) is 0.525. The van der Waals surface area contributed by atoms with Crippen LogP contribution in [0, 0.1) is 0 Å². The van der Waals surface area contributed by atoms with Crippen molar-refractivity contribution in [3.8, 4) is 0 Å². The summed E-state index contributed by atoms with van der Waals surface area (Å²) in [6.45, 7) is -0.174. The van der Waals surface area contributed by atoms with Crippen LogP contribution in [-0.2, 0) is 9.59 Å². The van der Waals surface area contributed by atoms with Crippen molar-refractivity contribution in [2.24, 2.45) is 0 Å². The van der Waals surface area contributed by atoms with E-state index < -0.39 is 23.4 Å². The largest absolute Gasteiger partial charge is 0.388 e. The number of aliphatic hydroxyl groups is 1. The number of carbonyl (C=O) groups is 3. The molecule has 0 spiro atoms. The Morgan fingerprint density at radius 2 is 2.18 bits per heavy atom. The molecule has 0 bridgehead atoms. The summed E-state index contributed by atoms with van der Waals surface area (Å²) in [6, 6.07) is -0.549. The monoisotopic (exact) mass is 241 g/mol. The van der Waals surface area contributed by atoms with E-state index in [-0.39, 0.29) is 19.6 Å². The molecular formula is C10H15N3O4. The second-order valence-electron chi connectivity index (χ2n) is 4.49. The number of nitrogens with one attached hydrogen (secondary N) is 2. The van der Waals surface area contributed by atoms with Gasteiger partial charge in [0.2, 0.25) is 5.91 Å². The number of carbonyl (C=O) groups excluding carboxylic acids is 3. The zero-order valence-corrected chi connectivity index (χ0v) is 9.36. The lowest BCUT2D eigenvalue weighted by atomic mass is 9.80. The first-order valence-corrected chi connectivity index (χ1v) is 5.57. The van der Waals surface area contributed by atoms with Gasteiger partial charge in [-0.3, -0.25) is 14.5 Å². The minimum absolute atomic E-state index is 0.0595. The zero-order chi connectivity index (χ0) is 12.5. The first-order chi connectivity index (χ1) is 8.00. The molecule has 2 rings (SSSR count). The molecule has 1 heterocycles. The molecule has 0 aromatic rings. The molecule has 0 radical (unpaired) electrons. The van der Waals surface area contributed by atoms with E-state index in [0.29, 0.717) is 12.8 Å². The molecule has 3 N–H and O–H groups in total. The average Bonchev–Trinajstić information content (AvgIpc) is 2.55. The van der Waals surface area contributed by atoms with Crippen LogP contribution in [0.1, 0.15) is 19.3 Å². The SMILES string of the molecule is O=C(CN1C(=O)CNC1=O)NCC1(O)CCC1. The van der Waals surface area contributed by atoms with Crippen LogP contribution >= 0.6 is 0 Å². The van der Waals surface area contributed by atoms with Gasteiger partial charge >= 0.3 is 6.03 Å². The Balaban J connectivity index is 1.77. The highest BCUT2D eigenvalue weighted by atomic mass is 16.3. The van der Waals surface area contributed by atoms with Gasteiger partial charge in [0.25, 0.3) is 5.91 Å². The van der Waals surface area contributed by atoms with Crippen molar-refractivity contribution in [1.29, 1.82) is 0 Å². The van der Waals surface area contributed by atoms with Gasteiger partial charge in [0, 0.05) is 6.54 Å². The van der Waals surface area contributed by atoms with Crippen molar-refractivity contribution < 1.29 is 19.5 Å². The van der Waals surface area contributed by atoms with E-state index in [1.54, 1.807) is 0 Å². The Kier molecular flexibility index (Phi) is 3.01. The maximum Gasteiger partial charge on any atom is 0.325 e. The van der Waals surface area contributed by atoms with Crippen molar-refractivity contribution in [3.05, 3.63) is 0 Å². The average molecular weight is 241 g/mol. The van der Waals surface area contributed by atoms with Crippen LogP contribution in [0.3, 0.4) is 0 Å². The number of amides is 4. The molecule has 94 valence electrons. The highest BCUT2D eigenvalue weighted by Crippen LogP contribution is 2.30. The summed E-state index contributed by atoms with van der Waals surface area (Å²) in [4.78, 5) is 34.7. The van der Waals surface area contributed by atoms with Crippen LogP contribution in [0.4, 0.5) is 4.79 Å². The fourth-order valence-corrected chi connectivity index (χ4v) is 1.84. The van der Waals surface area contributed by atoms with E-state index in [4.69, 9.17) is 0 Å². The normalized spacial score (nSPS) is 22.1.